The van der Waals surface area contributed by atoms with Crippen molar-refractivity contribution in [3.05, 3.63) is 23.3 Å². The zero-order valence-corrected chi connectivity index (χ0v) is 11.3. The molecule has 0 amide bonds. The predicted octanol–water partition coefficient (Wildman–Crippen LogP) is 2.50. The first kappa shape index (κ1) is 15.1. The molecule has 0 atom stereocenters. The molecule has 0 saturated carbocycles. The van der Waals surface area contributed by atoms with Crippen LogP contribution in [0.4, 0.5) is 4.39 Å². The Morgan fingerprint density at radius 1 is 1.39 bits per heavy atom. The van der Waals surface area contributed by atoms with Gasteiger partial charge in [0.25, 0.3) is 0 Å². The number of ether oxygens (including phenoxy) is 2. The van der Waals surface area contributed by atoms with E-state index in [2.05, 4.69) is 11.4 Å². The summed E-state index contributed by atoms with van der Waals surface area (Å²) in [5.41, 5.74) is 2.47. The van der Waals surface area contributed by atoms with Crippen molar-refractivity contribution in [3.63, 3.8) is 0 Å². The lowest BCUT2D eigenvalue weighted by molar-refractivity contribution is 0.272. The molecule has 1 aromatic rings. The van der Waals surface area contributed by atoms with Gasteiger partial charge in [0, 0.05) is 18.5 Å². The summed E-state index contributed by atoms with van der Waals surface area (Å²) >= 11 is 0. The zero-order valence-electron chi connectivity index (χ0n) is 10.5. The van der Waals surface area contributed by atoms with Crippen molar-refractivity contribution >= 4 is 12.4 Å². The molecule has 1 aromatic carbocycles. The smallest absolute Gasteiger partial charge is 0.164 e. The molecule has 5 heteroatoms. The van der Waals surface area contributed by atoms with Gasteiger partial charge in [-0.25, -0.2) is 0 Å². The van der Waals surface area contributed by atoms with Crippen molar-refractivity contribution in [2.45, 2.75) is 19.4 Å². The van der Waals surface area contributed by atoms with Gasteiger partial charge in [-0.3, -0.25) is 4.39 Å². The molecule has 0 unspecified atom stereocenters. The number of nitrogens with one attached hydrogen (secondary N) is 1. The minimum Gasteiger partial charge on any atom is -0.493 e. The monoisotopic (exact) mass is 275 g/mol. The fourth-order valence-electron chi connectivity index (χ4n) is 2.10. The molecule has 0 aliphatic carbocycles. The summed E-state index contributed by atoms with van der Waals surface area (Å²) in [6.45, 7) is 1.87. The van der Waals surface area contributed by atoms with Crippen LogP contribution >= 0.6 is 12.4 Å². The van der Waals surface area contributed by atoms with Gasteiger partial charge >= 0.3 is 0 Å². The summed E-state index contributed by atoms with van der Waals surface area (Å²) in [5, 5.41) is 3.32. The second-order valence-electron chi connectivity index (χ2n) is 4.05. The van der Waals surface area contributed by atoms with Crippen molar-refractivity contribution in [1.82, 2.24) is 5.32 Å². The number of alkyl halides is 1. The Balaban J connectivity index is 0.00000162. The molecule has 0 bridgehead atoms. The molecule has 1 heterocycles. The van der Waals surface area contributed by atoms with Gasteiger partial charge in [-0.1, -0.05) is 6.07 Å². The van der Waals surface area contributed by atoms with Crippen LogP contribution < -0.4 is 14.8 Å². The van der Waals surface area contributed by atoms with E-state index in [1.165, 1.54) is 11.1 Å². The molecule has 0 radical (unpaired) electrons. The molecule has 102 valence electrons. The maximum Gasteiger partial charge on any atom is 0.164 e. The number of rotatable bonds is 5. The first-order valence-electron chi connectivity index (χ1n) is 5.95. The van der Waals surface area contributed by atoms with Crippen molar-refractivity contribution in [2.75, 3.05) is 26.9 Å². The fraction of sp³-hybridized carbons (Fsp3) is 0.538. The van der Waals surface area contributed by atoms with E-state index in [-0.39, 0.29) is 19.1 Å². The maximum absolute atomic E-state index is 12.0. The Hall–Kier alpha value is -1.00. The van der Waals surface area contributed by atoms with E-state index in [0.29, 0.717) is 13.0 Å². The Labute approximate surface area is 113 Å². The number of fused-ring (bicyclic) bond motifs is 1. The largest absolute Gasteiger partial charge is 0.493 e. The summed E-state index contributed by atoms with van der Waals surface area (Å²) in [6.07, 6.45) is 1.36. The Morgan fingerprint density at radius 2 is 2.22 bits per heavy atom. The molecule has 0 fully saturated rings. The highest BCUT2D eigenvalue weighted by atomic mass is 35.5. The summed E-state index contributed by atoms with van der Waals surface area (Å²) in [6, 6.07) is 3.96. The van der Waals surface area contributed by atoms with Gasteiger partial charge in [-0.2, -0.15) is 0 Å². The van der Waals surface area contributed by atoms with Crippen LogP contribution in [0.5, 0.6) is 11.5 Å². The van der Waals surface area contributed by atoms with Crippen LogP contribution in [0, 0.1) is 0 Å². The second-order valence-corrected chi connectivity index (χ2v) is 4.05. The van der Waals surface area contributed by atoms with Crippen molar-refractivity contribution < 1.29 is 13.9 Å². The third-order valence-electron chi connectivity index (χ3n) is 2.93. The topological polar surface area (TPSA) is 30.5 Å². The van der Waals surface area contributed by atoms with Gasteiger partial charge in [0.1, 0.15) is 0 Å². The number of benzene rings is 1. The fourth-order valence-corrected chi connectivity index (χ4v) is 2.10. The number of hydrogen-bond donors (Lipinski definition) is 1. The second kappa shape index (κ2) is 7.44. The number of halogens is 2. The average Bonchev–Trinajstić information content (AvgIpc) is 2.38. The normalized spacial score (nSPS) is 13.4. The molecule has 1 N–H and O–H groups in total. The van der Waals surface area contributed by atoms with Crippen LogP contribution in [-0.4, -0.2) is 26.9 Å². The van der Waals surface area contributed by atoms with Crippen LogP contribution in [0.3, 0.4) is 0 Å². The quantitative estimate of drug-likeness (QED) is 0.838. The molecule has 18 heavy (non-hydrogen) atoms. The molecule has 0 spiro atoms. The lowest BCUT2D eigenvalue weighted by Crippen LogP contribution is -2.24. The number of hydrogen-bond acceptors (Lipinski definition) is 3. The molecular weight excluding hydrogens is 257 g/mol. The lowest BCUT2D eigenvalue weighted by Gasteiger charge is -2.21. The van der Waals surface area contributed by atoms with E-state index < -0.39 is 0 Å². The number of methoxy groups -OCH3 is 1. The molecular formula is C13H19ClFNO2. The summed E-state index contributed by atoms with van der Waals surface area (Å²) < 4.78 is 23.0. The third-order valence-corrected chi connectivity index (χ3v) is 2.93. The van der Waals surface area contributed by atoms with Crippen LogP contribution in [0.1, 0.15) is 17.5 Å². The Kier molecular flexibility index (Phi) is 6.22. The van der Waals surface area contributed by atoms with Gasteiger partial charge in [0.2, 0.25) is 0 Å². The van der Waals surface area contributed by atoms with E-state index in [0.717, 1.165) is 31.0 Å². The lowest BCUT2D eigenvalue weighted by atomic mass is 9.99. The highest BCUT2D eigenvalue weighted by Gasteiger charge is 2.17. The van der Waals surface area contributed by atoms with Gasteiger partial charge in [0.15, 0.2) is 11.5 Å². The Morgan fingerprint density at radius 3 is 2.94 bits per heavy atom. The third kappa shape index (κ3) is 3.27. The van der Waals surface area contributed by atoms with Gasteiger partial charge in [0.05, 0.1) is 20.4 Å². The standard InChI is InChI=1S/C13H18FNO2.ClH/c1-16-13-11-5-7-15-9-10(11)3-4-12(13)17-8-2-6-14;/h3-4,15H,2,5-9H2,1H3;1H. The van der Waals surface area contributed by atoms with Crippen LogP contribution in [-0.2, 0) is 13.0 Å². The average molecular weight is 276 g/mol. The van der Waals surface area contributed by atoms with Crippen molar-refractivity contribution in [2.24, 2.45) is 0 Å². The van der Waals surface area contributed by atoms with Gasteiger partial charge < -0.3 is 14.8 Å². The van der Waals surface area contributed by atoms with Gasteiger partial charge in [-0.05, 0) is 24.6 Å². The molecule has 0 aromatic heterocycles. The van der Waals surface area contributed by atoms with Gasteiger partial charge in [-0.15, -0.1) is 12.4 Å². The highest BCUT2D eigenvalue weighted by molar-refractivity contribution is 5.85. The SMILES string of the molecule is COc1c(OCCCF)ccc2c1CCNC2.Cl. The first-order chi connectivity index (χ1) is 8.36. The first-order valence-corrected chi connectivity index (χ1v) is 5.95. The van der Waals surface area contributed by atoms with Crippen LogP contribution in [0.15, 0.2) is 12.1 Å². The zero-order chi connectivity index (χ0) is 12.1. The summed E-state index contributed by atoms with van der Waals surface area (Å²) in [5.74, 6) is 1.53. The van der Waals surface area contributed by atoms with E-state index >= 15 is 0 Å². The van der Waals surface area contributed by atoms with Crippen LogP contribution in [0.2, 0.25) is 0 Å². The molecule has 3 nitrogen and oxygen atoms in total. The molecule has 1 aliphatic heterocycles. The van der Waals surface area contributed by atoms with Crippen molar-refractivity contribution in [3.8, 4) is 11.5 Å². The van der Waals surface area contributed by atoms with Crippen molar-refractivity contribution in [1.29, 1.82) is 0 Å². The minimum absolute atomic E-state index is 0. The summed E-state index contributed by atoms with van der Waals surface area (Å²) in [4.78, 5) is 0. The van der Waals surface area contributed by atoms with E-state index in [1.807, 2.05) is 6.07 Å². The predicted molar refractivity (Wildman–Crippen MR) is 71.7 cm³/mol. The van der Waals surface area contributed by atoms with Crippen LogP contribution in [0.25, 0.3) is 0 Å². The van der Waals surface area contributed by atoms with E-state index in [9.17, 15) is 4.39 Å². The molecule has 0 saturated heterocycles. The van der Waals surface area contributed by atoms with E-state index in [4.69, 9.17) is 9.47 Å². The minimum atomic E-state index is -0.350. The molecule has 2 rings (SSSR count). The maximum atomic E-state index is 12.0. The van der Waals surface area contributed by atoms with E-state index in [1.54, 1.807) is 7.11 Å². The summed E-state index contributed by atoms with van der Waals surface area (Å²) in [7, 11) is 1.65. The highest BCUT2D eigenvalue weighted by Crippen LogP contribution is 2.35. The molecule has 1 aliphatic rings. The Bertz CT molecular complexity index is 387.